The monoisotopic (exact) mass is 306 g/mol. The van der Waals surface area contributed by atoms with Crippen LogP contribution in [0.5, 0.6) is 0 Å². The van der Waals surface area contributed by atoms with E-state index in [1.165, 1.54) is 11.8 Å². The molecule has 1 aliphatic heterocycles. The second-order valence-electron chi connectivity index (χ2n) is 3.55. The summed E-state index contributed by atoms with van der Waals surface area (Å²) in [6, 6.07) is -0.758. The number of hydrogen-bond donors (Lipinski definition) is 2. The van der Waals surface area contributed by atoms with Gasteiger partial charge in [-0.25, -0.2) is 9.59 Å². The summed E-state index contributed by atoms with van der Waals surface area (Å²) in [5, 5.41) is 5.09. The van der Waals surface area contributed by atoms with E-state index in [9.17, 15) is 14.4 Å². The predicted octanol–water partition coefficient (Wildman–Crippen LogP) is 0.182. The Balaban J connectivity index is 2.10. The largest absolute Gasteiger partial charge is 0.465 e. The summed E-state index contributed by atoms with van der Waals surface area (Å²) in [4.78, 5) is 33.2. The molecule has 9 heteroatoms. The molecule has 1 heterocycles. The molecule has 1 rings (SSSR count). The fourth-order valence-corrected chi connectivity index (χ4v) is 2.03. The van der Waals surface area contributed by atoms with Crippen LogP contribution in [0.25, 0.3) is 0 Å². The summed E-state index contributed by atoms with van der Waals surface area (Å²) < 4.78 is 9.86. The fraction of sp³-hybridized carbons (Fsp3) is 0.600. The number of alkyl carbamates (subject to hydrolysis) is 1. The second-order valence-corrected chi connectivity index (χ2v) is 5.32. The molecule has 0 spiro atoms. The number of thioether (sulfide) groups is 1. The van der Waals surface area contributed by atoms with Crippen LogP contribution in [0.3, 0.4) is 0 Å². The molecule has 2 N–H and O–H groups in total. The Bertz CT molecular complexity index is 388. The first-order chi connectivity index (χ1) is 9.02. The quantitative estimate of drug-likeness (QED) is 0.311. The lowest BCUT2D eigenvalue weighted by atomic mass is 10.2. The van der Waals surface area contributed by atoms with E-state index in [-0.39, 0.29) is 19.4 Å². The number of carbonyl (C=O) groups excluding carboxylic acids is 3. The molecule has 0 bridgehead atoms. The molecule has 0 saturated carbocycles. The van der Waals surface area contributed by atoms with Crippen molar-refractivity contribution >= 4 is 46.3 Å². The van der Waals surface area contributed by atoms with Crippen LogP contribution in [0.2, 0.25) is 0 Å². The fourth-order valence-electron chi connectivity index (χ4n) is 1.28. The molecule has 1 amide bonds. The molecule has 1 fully saturated rings. The number of amides is 1. The SMILES string of the molecule is CNC(=S)SCCOC(=O)CCC1NC(=O)OC1=O. The smallest absolute Gasteiger partial charge is 0.415 e. The van der Waals surface area contributed by atoms with Crippen LogP contribution in [-0.2, 0) is 19.1 Å². The van der Waals surface area contributed by atoms with Crippen molar-refractivity contribution in [1.29, 1.82) is 0 Å². The minimum Gasteiger partial charge on any atom is -0.465 e. The first kappa shape index (κ1) is 15.7. The highest BCUT2D eigenvalue weighted by Crippen LogP contribution is 2.08. The normalized spacial score (nSPS) is 17.6. The van der Waals surface area contributed by atoms with E-state index in [1.807, 2.05) is 0 Å². The minimum absolute atomic E-state index is 0.0428. The lowest BCUT2D eigenvalue weighted by molar-refractivity contribution is -0.143. The van der Waals surface area contributed by atoms with E-state index in [4.69, 9.17) is 17.0 Å². The average molecular weight is 306 g/mol. The van der Waals surface area contributed by atoms with Gasteiger partial charge in [-0.05, 0) is 6.42 Å². The Hall–Kier alpha value is -1.35. The Labute approximate surface area is 119 Å². The molecule has 1 unspecified atom stereocenters. The molecule has 0 radical (unpaired) electrons. The molecule has 0 aromatic carbocycles. The third-order valence-corrected chi connectivity index (χ3v) is 3.59. The van der Waals surface area contributed by atoms with Gasteiger partial charge in [0.05, 0.1) is 0 Å². The second kappa shape index (κ2) is 7.95. The van der Waals surface area contributed by atoms with Gasteiger partial charge in [0.1, 0.15) is 17.0 Å². The average Bonchev–Trinajstić information content (AvgIpc) is 2.70. The van der Waals surface area contributed by atoms with Crippen molar-refractivity contribution in [3.63, 3.8) is 0 Å². The van der Waals surface area contributed by atoms with Gasteiger partial charge >= 0.3 is 18.0 Å². The lowest BCUT2D eigenvalue weighted by Gasteiger charge is -2.06. The maximum absolute atomic E-state index is 11.4. The first-order valence-corrected chi connectivity index (χ1v) is 6.94. The molecule has 0 aromatic heterocycles. The predicted molar refractivity (Wildman–Crippen MR) is 72.7 cm³/mol. The molecule has 1 atom stereocenters. The maximum atomic E-state index is 11.4. The van der Waals surface area contributed by atoms with Crippen LogP contribution in [0, 0.1) is 0 Å². The Morgan fingerprint density at radius 1 is 1.58 bits per heavy atom. The van der Waals surface area contributed by atoms with Crippen molar-refractivity contribution in [2.45, 2.75) is 18.9 Å². The summed E-state index contributed by atoms with van der Waals surface area (Å²) >= 11 is 6.28. The zero-order chi connectivity index (χ0) is 14.3. The number of cyclic esters (lactones) is 2. The van der Waals surface area contributed by atoms with Gasteiger partial charge in [-0.3, -0.25) is 4.79 Å². The Morgan fingerprint density at radius 3 is 2.89 bits per heavy atom. The molecule has 0 aromatic rings. The van der Waals surface area contributed by atoms with Crippen molar-refractivity contribution in [2.75, 3.05) is 19.4 Å². The lowest BCUT2D eigenvalue weighted by Crippen LogP contribution is -2.29. The molecular weight excluding hydrogens is 292 g/mol. The van der Waals surface area contributed by atoms with E-state index in [2.05, 4.69) is 15.4 Å². The van der Waals surface area contributed by atoms with Crippen LogP contribution < -0.4 is 10.6 Å². The highest BCUT2D eigenvalue weighted by Gasteiger charge is 2.32. The molecule has 1 aliphatic rings. The standard InChI is InChI=1S/C10H14N2O5S2/c1-11-10(18)19-5-4-16-7(13)3-2-6-8(14)17-9(15)12-6/h6H,2-5H2,1H3,(H,11,18)(H,12,15). The van der Waals surface area contributed by atoms with Gasteiger partial charge in [-0.15, -0.1) is 0 Å². The van der Waals surface area contributed by atoms with E-state index >= 15 is 0 Å². The molecular formula is C10H14N2O5S2. The third-order valence-electron chi connectivity index (χ3n) is 2.19. The molecule has 7 nitrogen and oxygen atoms in total. The highest BCUT2D eigenvalue weighted by atomic mass is 32.2. The van der Waals surface area contributed by atoms with Crippen molar-refractivity contribution in [2.24, 2.45) is 0 Å². The summed E-state index contributed by atoms with van der Waals surface area (Å²) in [7, 11) is 1.72. The minimum atomic E-state index is -0.777. The van der Waals surface area contributed by atoms with Crippen molar-refractivity contribution in [3.05, 3.63) is 0 Å². The number of ether oxygens (including phenoxy) is 2. The number of thiocarbonyl (C=S) groups is 1. The Kier molecular flexibility index (Phi) is 6.57. The van der Waals surface area contributed by atoms with Crippen LogP contribution in [0.1, 0.15) is 12.8 Å². The number of esters is 2. The number of nitrogens with one attached hydrogen (secondary N) is 2. The van der Waals surface area contributed by atoms with Crippen LogP contribution >= 0.6 is 24.0 Å². The number of hydrogen-bond acceptors (Lipinski definition) is 7. The van der Waals surface area contributed by atoms with Crippen molar-refractivity contribution in [3.8, 4) is 0 Å². The van der Waals surface area contributed by atoms with E-state index in [0.29, 0.717) is 10.1 Å². The van der Waals surface area contributed by atoms with Gasteiger partial charge in [-0.1, -0.05) is 24.0 Å². The van der Waals surface area contributed by atoms with Crippen molar-refractivity contribution in [1.82, 2.24) is 10.6 Å². The zero-order valence-corrected chi connectivity index (χ0v) is 11.9. The van der Waals surface area contributed by atoms with Gasteiger partial charge in [0.15, 0.2) is 0 Å². The van der Waals surface area contributed by atoms with Crippen LogP contribution in [0.15, 0.2) is 0 Å². The summed E-state index contributed by atoms with van der Waals surface area (Å²) in [6.07, 6.45) is -0.563. The molecule has 1 saturated heterocycles. The van der Waals surface area contributed by atoms with Gasteiger partial charge in [0.2, 0.25) is 0 Å². The zero-order valence-electron chi connectivity index (χ0n) is 10.3. The summed E-state index contributed by atoms with van der Waals surface area (Å²) in [5.41, 5.74) is 0. The summed E-state index contributed by atoms with van der Waals surface area (Å²) in [5.74, 6) is -0.522. The van der Waals surface area contributed by atoms with Crippen molar-refractivity contribution < 1.29 is 23.9 Å². The van der Waals surface area contributed by atoms with E-state index < -0.39 is 24.1 Å². The van der Waals surface area contributed by atoms with E-state index in [0.717, 1.165) is 0 Å². The maximum Gasteiger partial charge on any atom is 0.415 e. The van der Waals surface area contributed by atoms with Crippen LogP contribution in [-0.4, -0.2) is 47.8 Å². The van der Waals surface area contributed by atoms with Crippen LogP contribution in [0.4, 0.5) is 4.79 Å². The molecule has 0 aliphatic carbocycles. The number of rotatable bonds is 6. The van der Waals surface area contributed by atoms with Gasteiger partial charge < -0.3 is 20.1 Å². The van der Waals surface area contributed by atoms with Gasteiger partial charge in [0, 0.05) is 19.2 Å². The Morgan fingerprint density at radius 2 is 2.32 bits per heavy atom. The topological polar surface area (TPSA) is 93.7 Å². The summed E-state index contributed by atoms with van der Waals surface area (Å²) in [6.45, 7) is 0.243. The molecule has 106 valence electrons. The third kappa shape index (κ3) is 5.88. The molecule has 19 heavy (non-hydrogen) atoms. The van der Waals surface area contributed by atoms with Gasteiger partial charge in [-0.2, -0.15) is 0 Å². The van der Waals surface area contributed by atoms with E-state index in [1.54, 1.807) is 7.05 Å². The highest BCUT2D eigenvalue weighted by molar-refractivity contribution is 8.22. The number of carbonyl (C=O) groups is 3. The first-order valence-electron chi connectivity index (χ1n) is 5.55. The van der Waals surface area contributed by atoms with Gasteiger partial charge in [0.25, 0.3) is 0 Å².